The van der Waals surface area contributed by atoms with Crippen molar-refractivity contribution in [1.29, 1.82) is 0 Å². The van der Waals surface area contributed by atoms with Gasteiger partial charge in [0.05, 0.1) is 6.54 Å². The Balaban J connectivity index is 2.16. The van der Waals surface area contributed by atoms with E-state index >= 15 is 0 Å². The summed E-state index contributed by atoms with van der Waals surface area (Å²) in [6.45, 7) is 3.37. The average Bonchev–Trinajstić information content (AvgIpc) is 2.82. The smallest absolute Gasteiger partial charge is 0.267 e. The van der Waals surface area contributed by atoms with Gasteiger partial charge in [-0.25, -0.2) is 13.4 Å². The zero-order chi connectivity index (χ0) is 15.3. The SMILES string of the molecule is CCCNCc1cc(S(=O)(=O)Nc2ccccn2)c(Br)o1. The van der Waals surface area contributed by atoms with E-state index in [1.165, 1.54) is 12.3 Å². The molecule has 0 atom stereocenters. The van der Waals surface area contributed by atoms with E-state index in [1.807, 2.05) is 0 Å². The van der Waals surface area contributed by atoms with Gasteiger partial charge in [-0.2, -0.15) is 0 Å². The Labute approximate surface area is 132 Å². The first-order valence-corrected chi connectivity index (χ1v) is 8.73. The molecule has 8 heteroatoms. The summed E-state index contributed by atoms with van der Waals surface area (Å²) in [7, 11) is -3.73. The predicted octanol–water partition coefficient (Wildman–Crippen LogP) is 2.74. The van der Waals surface area contributed by atoms with Gasteiger partial charge < -0.3 is 9.73 Å². The number of hydrogen-bond donors (Lipinski definition) is 2. The van der Waals surface area contributed by atoms with Crippen LogP contribution in [0.2, 0.25) is 0 Å². The third kappa shape index (κ3) is 4.29. The number of aromatic nitrogens is 1. The molecule has 0 radical (unpaired) electrons. The van der Waals surface area contributed by atoms with E-state index in [1.54, 1.807) is 18.2 Å². The van der Waals surface area contributed by atoms with E-state index in [9.17, 15) is 8.42 Å². The van der Waals surface area contributed by atoms with Crippen LogP contribution in [0.3, 0.4) is 0 Å². The number of sulfonamides is 1. The summed E-state index contributed by atoms with van der Waals surface area (Å²) in [6, 6.07) is 6.49. The summed E-state index contributed by atoms with van der Waals surface area (Å²) in [6.07, 6.45) is 2.51. The molecule has 6 nitrogen and oxygen atoms in total. The third-order valence-electron chi connectivity index (χ3n) is 2.63. The Kier molecular flexibility index (Phi) is 5.38. The molecule has 0 bridgehead atoms. The van der Waals surface area contributed by atoms with Crippen LogP contribution in [0, 0.1) is 0 Å². The lowest BCUT2D eigenvalue weighted by Gasteiger charge is -2.04. The van der Waals surface area contributed by atoms with Gasteiger partial charge >= 0.3 is 0 Å². The Hall–Kier alpha value is -1.38. The molecule has 2 heterocycles. The molecule has 0 aliphatic rings. The summed E-state index contributed by atoms with van der Waals surface area (Å²) in [5.74, 6) is 0.813. The molecular weight excluding hydrogens is 358 g/mol. The van der Waals surface area contributed by atoms with Crippen LogP contribution in [-0.4, -0.2) is 19.9 Å². The Bertz CT molecular complexity index is 686. The third-order valence-corrected chi connectivity index (χ3v) is 4.84. The Morgan fingerprint density at radius 1 is 1.38 bits per heavy atom. The standard InChI is InChI=1S/C13H16BrN3O3S/c1-2-6-15-9-10-8-11(13(14)20-10)21(18,19)17-12-5-3-4-7-16-12/h3-5,7-8,15H,2,6,9H2,1H3,(H,16,17). The summed E-state index contributed by atoms with van der Waals surface area (Å²) in [5, 5.41) is 3.15. The van der Waals surface area contributed by atoms with Gasteiger partial charge in [0.15, 0.2) is 4.67 Å². The zero-order valence-corrected chi connectivity index (χ0v) is 13.9. The molecule has 0 unspecified atom stereocenters. The van der Waals surface area contributed by atoms with Crippen molar-refractivity contribution in [2.45, 2.75) is 24.8 Å². The molecule has 0 fully saturated rings. The Morgan fingerprint density at radius 2 is 2.19 bits per heavy atom. The summed E-state index contributed by atoms with van der Waals surface area (Å²) < 4.78 is 32.6. The number of halogens is 1. The first-order valence-electron chi connectivity index (χ1n) is 6.45. The number of nitrogens with one attached hydrogen (secondary N) is 2. The molecule has 2 aromatic heterocycles. The summed E-state index contributed by atoms with van der Waals surface area (Å²) >= 11 is 3.14. The molecule has 0 aliphatic heterocycles. The molecule has 2 aromatic rings. The Morgan fingerprint density at radius 3 is 2.86 bits per heavy atom. The molecule has 0 spiro atoms. The second-order valence-corrected chi connectivity index (χ2v) is 6.72. The van der Waals surface area contributed by atoms with Crippen LogP contribution in [-0.2, 0) is 16.6 Å². The lowest BCUT2D eigenvalue weighted by atomic mass is 10.4. The van der Waals surface area contributed by atoms with Crippen molar-refractivity contribution in [1.82, 2.24) is 10.3 Å². The highest BCUT2D eigenvalue weighted by atomic mass is 79.9. The maximum atomic E-state index is 12.3. The monoisotopic (exact) mass is 373 g/mol. The minimum Gasteiger partial charge on any atom is -0.451 e. The highest BCUT2D eigenvalue weighted by Gasteiger charge is 2.22. The highest BCUT2D eigenvalue weighted by molar-refractivity contribution is 9.10. The quantitative estimate of drug-likeness (QED) is 0.728. The molecule has 114 valence electrons. The van der Waals surface area contributed by atoms with Gasteiger partial charge in [-0.15, -0.1) is 0 Å². The molecule has 21 heavy (non-hydrogen) atoms. The average molecular weight is 374 g/mol. The number of nitrogens with zero attached hydrogens (tertiary/aromatic N) is 1. The van der Waals surface area contributed by atoms with E-state index < -0.39 is 10.0 Å². The van der Waals surface area contributed by atoms with E-state index in [-0.39, 0.29) is 15.4 Å². The first kappa shape index (κ1) is 16.0. The van der Waals surface area contributed by atoms with Gasteiger partial charge in [0, 0.05) is 12.3 Å². The van der Waals surface area contributed by atoms with Gasteiger partial charge in [-0.3, -0.25) is 4.72 Å². The van der Waals surface area contributed by atoms with E-state index in [0.29, 0.717) is 12.3 Å². The van der Waals surface area contributed by atoms with Gasteiger partial charge in [-0.1, -0.05) is 13.0 Å². The van der Waals surface area contributed by atoms with Crippen molar-refractivity contribution >= 4 is 31.8 Å². The zero-order valence-electron chi connectivity index (χ0n) is 11.5. The van der Waals surface area contributed by atoms with Crippen LogP contribution in [0.5, 0.6) is 0 Å². The van der Waals surface area contributed by atoms with Gasteiger partial charge in [0.2, 0.25) is 0 Å². The van der Waals surface area contributed by atoms with Crippen LogP contribution < -0.4 is 10.0 Å². The second kappa shape index (κ2) is 7.06. The second-order valence-electron chi connectivity index (χ2n) is 4.35. The van der Waals surface area contributed by atoms with Crippen LogP contribution in [0.15, 0.2) is 44.4 Å². The molecule has 2 N–H and O–H groups in total. The van der Waals surface area contributed by atoms with Crippen molar-refractivity contribution in [2.75, 3.05) is 11.3 Å². The maximum Gasteiger partial charge on any atom is 0.267 e. The van der Waals surface area contributed by atoms with Crippen molar-refractivity contribution in [3.8, 4) is 0 Å². The van der Waals surface area contributed by atoms with Crippen LogP contribution >= 0.6 is 15.9 Å². The highest BCUT2D eigenvalue weighted by Crippen LogP contribution is 2.27. The number of hydrogen-bond acceptors (Lipinski definition) is 5. The van der Waals surface area contributed by atoms with Gasteiger partial charge in [0.25, 0.3) is 10.0 Å². The molecule has 0 amide bonds. The normalized spacial score (nSPS) is 11.5. The molecule has 0 aliphatic carbocycles. The molecule has 2 rings (SSSR count). The predicted molar refractivity (Wildman–Crippen MR) is 83.5 cm³/mol. The topological polar surface area (TPSA) is 84.2 Å². The number of anilines is 1. The van der Waals surface area contributed by atoms with E-state index in [2.05, 4.69) is 37.9 Å². The summed E-state index contributed by atoms with van der Waals surface area (Å²) in [4.78, 5) is 3.99. The van der Waals surface area contributed by atoms with Gasteiger partial charge in [-0.05, 0) is 41.0 Å². The van der Waals surface area contributed by atoms with Crippen molar-refractivity contribution in [3.63, 3.8) is 0 Å². The van der Waals surface area contributed by atoms with Crippen molar-refractivity contribution in [3.05, 3.63) is 40.9 Å². The van der Waals surface area contributed by atoms with Gasteiger partial charge in [0.1, 0.15) is 16.5 Å². The van der Waals surface area contributed by atoms with E-state index in [0.717, 1.165) is 13.0 Å². The molecular formula is C13H16BrN3O3S. The van der Waals surface area contributed by atoms with Crippen molar-refractivity contribution in [2.24, 2.45) is 0 Å². The number of pyridine rings is 1. The largest absolute Gasteiger partial charge is 0.451 e. The van der Waals surface area contributed by atoms with Crippen LogP contribution in [0.4, 0.5) is 5.82 Å². The fourth-order valence-corrected chi connectivity index (χ4v) is 3.68. The fraction of sp³-hybridized carbons (Fsp3) is 0.308. The molecule has 0 saturated carbocycles. The minimum atomic E-state index is -3.73. The minimum absolute atomic E-state index is 0.0569. The van der Waals surface area contributed by atoms with E-state index in [4.69, 9.17) is 4.42 Å². The maximum absolute atomic E-state index is 12.3. The number of furan rings is 1. The lowest BCUT2D eigenvalue weighted by molar-refractivity contribution is 0.461. The fourth-order valence-electron chi connectivity index (χ4n) is 1.67. The molecule has 0 aromatic carbocycles. The lowest BCUT2D eigenvalue weighted by Crippen LogP contribution is -2.14. The van der Waals surface area contributed by atoms with Crippen molar-refractivity contribution < 1.29 is 12.8 Å². The number of rotatable bonds is 7. The van der Waals surface area contributed by atoms with Crippen LogP contribution in [0.1, 0.15) is 19.1 Å². The summed E-state index contributed by atoms with van der Waals surface area (Å²) in [5.41, 5.74) is 0. The first-order chi connectivity index (χ1) is 10.0. The molecule has 0 saturated heterocycles. The van der Waals surface area contributed by atoms with Crippen LogP contribution in [0.25, 0.3) is 0 Å².